The van der Waals surface area contributed by atoms with Crippen molar-refractivity contribution in [1.29, 1.82) is 0 Å². The van der Waals surface area contributed by atoms with Crippen LogP contribution in [-0.2, 0) is 17.6 Å². The van der Waals surface area contributed by atoms with Crippen molar-refractivity contribution in [3.05, 3.63) is 58.5 Å². The van der Waals surface area contributed by atoms with Gasteiger partial charge in [-0.15, -0.1) is 0 Å². The number of furan rings is 1. The van der Waals surface area contributed by atoms with Gasteiger partial charge in [0.05, 0.1) is 12.7 Å². The Hall–Kier alpha value is -1.55. The van der Waals surface area contributed by atoms with Crippen molar-refractivity contribution in [3.63, 3.8) is 0 Å². The lowest BCUT2D eigenvalue weighted by Crippen LogP contribution is -2.34. The molecule has 1 N–H and O–H groups in total. The predicted octanol–water partition coefficient (Wildman–Crippen LogP) is 3.72. The molecule has 1 aromatic carbocycles. The molecule has 0 aliphatic heterocycles. The van der Waals surface area contributed by atoms with Crippen LogP contribution in [0.25, 0.3) is 0 Å². The van der Waals surface area contributed by atoms with Crippen LogP contribution in [0.3, 0.4) is 0 Å². The highest BCUT2D eigenvalue weighted by Gasteiger charge is 2.09. The van der Waals surface area contributed by atoms with E-state index in [1.54, 1.807) is 6.26 Å². The molecule has 106 valence electrons. The summed E-state index contributed by atoms with van der Waals surface area (Å²) < 4.78 is 6.30. The van der Waals surface area contributed by atoms with E-state index in [1.165, 1.54) is 0 Å². The van der Waals surface area contributed by atoms with E-state index < -0.39 is 0 Å². The molecule has 0 bridgehead atoms. The van der Waals surface area contributed by atoms with Gasteiger partial charge in [-0.25, -0.2) is 0 Å². The molecule has 0 fully saturated rings. The first-order valence-corrected chi connectivity index (χ1v) is 7.49. The van der Waals surface area contributed by atoms with Gasteiger partial charge in [-0.3, -0.25) is 4.79 Å². The summed E-state index contributed by atoms with van der Waals surface area (Å²) in [7, 11) is 0. The van der Waals surface area contributed by atoms with E-state index in [4.69, 9.17) is 4.42 Å². The van der Waals surface area contributed by atoms with Gasteiger partial charge in [0, 0.05) is 16.9 Å². The molecule has 0 unspecified atom stereocenters. The van der Waals surface area contributed by atoms with Gasteiger partial charge in [0.25, 0.3) is 0 Å². The smallest absolute Gasteiger partial charge is 0.224 e. The van der Waals surface area contributed by atoms with Crippen LogP contribution in [0.4, 0.5) is 0 Å². The highest BCUT2D eigenvalue weighted by Crippen LogP contribution is 2.11. The maximum Gasteiger partial charge on any atom is 0.224 e. The number of nitrogens with one attached hydrogen (secondary N) is 1. The summed E-state index contributed by atoms with van der Waals surface area (Å²) in [5.41, 5.74) is 1.02. The molecule has 1 atom stereocenters. The first-order valence-electron chi connectivity index (χ1n) is 6.69. The lowest BCUT2D eigenvalue weighted by Gasteiger charge is -2.13. The van der Waals surface area contributed by atoms with Gasteiger partial charge in [0.15, 0.2) is 0 Å². The van der Waals surface area contributed by atoms with Gasteiger partial charge < -0.3 is 9.73 Å². The van der Waals surface area contributed by atoms with Crippen molar-refractivity contribution < 1.29 is 9.21 Å². The van der Waals surface area contributed by atoms with Gasteiger partial charge in [-0.2, -0.15) is 0 Å². The zero-order chi connectivity index (χ0) is 14.4. The van der Waals surface area contributed by atoms with Crippen LogP contribution in [0.2, 0.25) is 0 Å². The molecule has 0 saturated carbocycles. The Morgan fingerprint density at radius 1 is 1.30 bits per heavy atom. The highest BCUT2D eigenvalue weighted by atomic mass is 79.9. The molecule has 1 heterocycles. The Bertz CT molecular complexity index is 534. The van der Waals surface area contributed by atoms with E-state index >= 15 is 0 Å². The fourth-order valence-electron chi connectivity index (χ4n) is 2.00. The van der Waals surface area contributed by atoms with E-state index in [9.17, 15) is 4.79 Å². The molecule has 0 aliphatic carbocycles. The summed E-state index contributed by atoms with van der Waals surface area (Å²) >= 11 is 3.38. The number of aryl methyl sites for hydroxylation is 1. The van der Waals surface area contributed by atoms with Crippen molar-refractivity contribution in [1.82, 2.24) is 5.32 Å². The SMILES string of the molecule is C[C@H](CCc1ccco1)NC(=O)Cc1ccc(Br)cc1. The fourth-order valence-corrected chi connectivity index (χ4v) is 2.26. The van der Waals surface area contributed by atoms with Crippen molar-refractivity contribution in [3.8, 4) is 0 Å². The molecule has 0 aliphatic rings. The monoisotopic (exact) mass is 335 g/mol. The zero-order valence-electron chi connectivity index (χ0n) is 11.4. The van der Waals surface area contributed by atoms with E-state index in [0.717, 1.165) is 28.6 Å². The highest BCUT2D eigenvalue weighted by molar-refractivity contribution is 9.10. The van der Waals surface area contributed by atoms with Crippen LogP contribution in [0.5, 0.6) is 0 Å². The van der Waals surface area contributed by atoms with Crippen molar-refractivity contribution in [2.45, 2.75) is 32.2 Å². The van der Waals surface area contributed by atoms with Crippen LogP contribution in [0, 0.1) is 0 Å². The van der Waals surface area contributed by atoms with Crippen LogP contribution in [0.15, 0.2) is 51.6 Å². The van der Waals surface area contributed by atoms with E-state index in [0.29, 0.717) is 6.42 Å². The average Bonchev–Trinajstić information content (AvgIpc) is 2.92. The van der Waals surface area contributed by atoms with Gasteiger partial charge in [-0.1, -0.05) is 28.1 Å². The third-order valence-electron chi connectivity index (χ3n) is 3.09. The van der Waals surface area contributed by atoms with Crippen molar-refractivity contribution in [2.24, 2.45) is 0 Å². The zero-order valence-corrected chi connectivity index (χ0v) is 13.0. The first-order chi connectivity index (χ1) is 9.63. The molecule has 1 amide bonds. The van der Waals surface area contributed by atoms with Crippen LogP contribution in [-0.4, -0.2) is 11.9 Å². The molecule has 3 nitrogen and oxygen atoms in total. The summed E-state index contributed by atoms with van der Waals surface area (Å²) in [6.45, 7) is 2.02. The minimum absolute atomic E-state index is 0.0549. The third kappa shape index (κ3) is 4.85. The second-order valence-electron chi connectivity index (χ2n) is 4.89. The molecule has 1 aromatic heterocycles. The third-order valence-corrected chi connectivity index (χ3v) is 3.62. The number of benzene rings is 1. The molecule has 0 saturated heterocycles. The molecular formula is C16H18BrNO2. The molecule has 0 spiro atoms. The van der Waals surface area contributed by atoms with E-state index in [-0.39, 0.29) is 11.9 Å². The Balaban J connectivity index is 1.74. The summed E-state index contributed by atoms with van der Waals surface area (Å²) in [5.74, 6) is 1.01. The molecule has 4 heteroatoms. The molecule has 20 heavy (non-hydrogen) atoms. The normalized spacial score (nSPS) is 12.1. The largest absolute Gasteiger partial charge is 0.469 e. The maximum absolute atomic E-state index is 11.9. The molecular weight excluding hydrogens is 318 g/mol. The number of halogens is 1. The quantitative estimate of drug-likeness (QED) is 0.874. The van der Waals surface area contributed by atoms with Crippen LogP contribution >= 0.6 is 15.9 Å². The summed E-state index contributed by atoms with van der Waals surface area (Å²) in [6.07, 6.45) is 3.80. The fraction of sp³-hybridized carbons (Fsp3) is 0.312. The van der Waals surface area contributed by atoms with Gasteiger partial charge in [-0.05, 0) is 43.2 Å². The second-order valence-corrected chi connectivity index (χ2v) is 5.81. The van der Waals surface area contributed by atoms with Gasteiger partial charge in [0.2, 0.25) is 5.91 Å². The Morgan fingerprint density at radius 2 is 2.05 bits per heavy atom. The van der Waals surface area contributed by atoms with Crippen LogP contribution in [0.1, 0.15) is 24.7 Å². The average molecular weight is 336 g/mol. The summed E-state index contributed by atoms with van der Waals surface area (Å²) in [4.78, 5) is 11.9. The van der Waals surface area contributed by atoms with Crippen LogP contribution < -0.4 is 5.32 Å². The summed E-state index contributed by atoms with van der Waals surface area (Å²) in [6, 6.07) is 11.8. The van der Waals surface area contributed by atoms with Gasteiger partial charge >= 0.3 is 0 Å². The maximum atomic E-state index is 11.9. The number of hydrogen-bond acceptors (Lipinski definition) is 2. The predicted molar refractivity (Wildman–Crippen MR) is 82.5 cm³/mol. The molecule has 2 rings (SSSR count). The van der Waals surface area contributed by atoms with E-state index in [1.807, 2.05) is 43.3 Å². The lowest BCUT2D eigenvalue weighted by atomic mass is 10.1. The Morgan fingerprint density at radius 3 is 2.70 bits per heavy atom. The van der Waals surface area contributed by atoms with Gasteiger partial charge in [0.1, 0.15) is 5.76 Å². The minimum atomic E-state index is 0.0549. The standard InChI is InChI=1S/C16H18BrNO2/c1-12(4-9-15-3-2-10-20-15)18-16(19)11-13-5-7-14(17)8-6-13/h2-3,5-8,10,12H,4,9,11H2,1H3,(H,18,19)/t12-/m1/s1. The number of rotatable bonds is 6. The van der Waals surface area contributed by atoms with E-state index in [2.05, 4.69) is 21.2 Å². The van der Waals surface area contributed by atoms with Crippen molar-refractivity contribution in [2.75, 3.05) is 0 Å². The van der Waals surface area contributed by atoms with Crippen molar-refractivity contribution >= 4 is 21.8 Å². The minimum Gasteiger partial charge on any atom is -0.469 e. The number of carbonyl (C=O) groups excluding carboxylic acids is 1. The Kier molecular flexibility index (Phi) is 5.41. The molecule has 0 radical (unpaired) electrons. The second kappa shape index (κ2) is 7.29. The number of carbonyl (C=O) groups is 1. The topological polar surface area (TPSA) is 42.2 Å². The lowest BCUT2D eigenvalue weighted by molar-refractivity contribution is -0.121. The number of amides is 1. The Labute approximate surface area is 127 Å². The molecule has 2 aromatic rings. The summed E-state index contributed by atoms with van der Waals surface area (Å²) in [5, 5.41) is 3.01. The number of hydrogen-bond donors (Lipinski definition) is 1. The first kappa shape index (κ1) is 14.9.